The Balaban J connectivity index is 1.90. The van der Waals surface area contributed by atoms with Gasteiger partial charge in [0.25, 0.3) is 0 Å². The summed E-state index contributed by atoms with van der Waals surface area (Å²) in [6.07, 6.45) is 7.01. The molecule has 0 aromatic carbocycles. The molecule has 0 amide bonds. The predicted molar refractivity (Wildman–Crippen MR) is 53.1 cm³/mol. The van der Waals surface area contributed by atoms with Crippen LogP contribution in [0.25, 0.3) is 0 Å². The molecule has 1 aliphatic heterocycles. The van der Waals surface area contributed by atoms with Crippen molar-refractivity contribution in [3.8, 4) is 0 Å². The number of nitrogens with one attached hydrogen (secondary N) is 1. The summed E-state index contributed by atoms with van der Waals surface area (Å²) >= 11 is 5.27. The highest BCUT2D eigenvalue weighted by molar-refractivity contribution is 7.80. The molecule has 3 fully saturated rings. The van der Waals surface area contributed by atoms with E-state index in [4.69, 9.17) is 12.2 Å². The Morgan fingerprint density at radius 1 is 1.25 bits per heavy atom. The van der Waals surface area contributed by atoms with Crippen LogP contribution in [0.1, 0.15) is 32.1 Å². The number of hydrogen-bond donors (Lipinski definition) is 1. The van der Waals surface area contributed by atoms with Crippen molar-refractivity contribution in [2.24, 2.45) is 17.8 Å². The fourth-order valence-electron chi connectivity index (χ4n) is 3.68. The molecule has 3 aliphatic rings. The lowest BCUT2D eigenvalue weighted by Crippen LogP contribution is -2.39. The molecule has 1 nitrogen and oxygen atoms in total. The SMILES string of the molecule is S=C1C[C@H]2C[C@@H](N1)[C@@H]1CCC[C@H]21. The quantitative estimate of drug-likeness (QED) is 0.574. The van der Waals surface area contributed by atoms with Crippen LogP contribution in [-0.2, 0) is 0 Å². The van der Waals surface area contributed by atoms with Crippen LogP contribution in [0.15, 0.2) is 0 Å². The van der Waals surface area contributed by atoms with E-state index in [-0.39, 0.29) is 0 Å². The molecule has 2 aliphatic carbocycles. The molecule has 0 aromatic heterocycles. The van der Waals surface area contributed by atoms with Gasteiger partial charge >= 0.3 is 0 Å². The molecule has 4 atom stereocenters. The Morgan fingerprint density at radius 3 is 3.00 bits per heavy atom. The first-order chi connectivity index (χ1) is 5.84. The van der Waals surface area contributed by atoms with E-state index >= 15 is 0 Å². The molecule has 1 saturated heterocycles. The Labute approximate surface area is 78.9 Å². The van der Waals surface area contributed by atoms with Crippen molar-refractivity contribution in [1.82, 2.24) is 5.32 Å². The standard InChI is InChI=1S/C10H15NS/c12-10-5-6-4-9(11-10)8-3-1-2-7(6)8/h6-9H,1-5H2,(H,11,12)/t6-,7-,8-,9-/m1/s1. The molecule has 0 aromatic rings. The normalized spacial score (nSPS) is 50.5. The molecule has 1 N–H and O–H groups in total. The zero-order chi connectivity index (χ0) is 8.13. The molecular weight excluding hydrogens is 166 g/mol. The third-order valence-electron chi connectivity index (χ3n) is 4.10. The molecule has 2 saturated carbocycles. The van der Waals surface area contributed by atoms with E-state index in [0.717, 1.165) is 28.8 Å². The molecule has 2 heteroatoms. The van der Waals surface area contributed by atoms with Gasteiger partial charge in [0.2, 0.25) is 0 Å². The number of fused-ring (bicyclic) bond motifs is 5. The summed E-state index contributed by atoms with van der Waals surface area (Å²) in [5, 5.41) is 3.51. The van der Waals surface area contributed by atoms with Crippen LogP contribution in [0.4, 0.5) is 0 Å². The summed E-state index contributed by atoms with van der Waals surface area (Å²) in [5.74, 6) is 2.97. The maximum Gasteiger partial charge on any atom is 0.0758 e. The molecule has 1 heterocycles. The van der Waals surface area contributed by atoms with E-state index in [1.807, 2.05) is 0 Å². The van der Waals surface area contributed by atoms with Crippen LogP contribution in [0.3, 0.4) is 0 Å². The van der Waals surface area contributed by atoms with E-state index in [1.165, 1.54) is 32.1 Å². The topological polar surface area (TPSA) is 12.0 Å². The van der Waals surface area contributed by atoms with Crippen LogP contribution in [0.2, 0.25) is 0 Å². The molecule has 0 radical (unpaired) electrons. The highest BCUT2D eigenvalue weighted by Crippen LogP contribution is 2.50. The van der Waals surface area contributed by atoms with Gasteiger partial charge in [-0.25, -0.2) is 0 Å². The van der Waals surface area contributed by atoms with Gasteiger partial charge in [0.15, 0.2) is 0 Å². The van der Waals surface area contributed by atoms with Crippen molar-refractivity contribution in [2.75, 3.05) is 0 Å². The molecule has 12 heavy (non-hydrogen) atoms. The second kappa shape index (κ2) is 2.44. The van der Waals surface area contributed by atoms with E-state index in [0.29, 0.717) is 0 Å². The Morgan fingerprint density at radius 2 is 2.08 bits per heavy atom. The van der Waals surface area contributed by atoms with E-state index < -0.39 is 0 Å². The van der Waals surface area contributed by atoms with Crippen LogP contribution in [-0.4, -0.2) is 11.0 Å². The first-order valence-corrected chi connectivity index (χ1v) is 5.55. The molecule has 0 spiro atoms. The second-order valence-corrected chi connectivity index (χ2v) is 5.13. The molecule has 2 bridgehead atoms. The second-order valence-electron chi connectivity index (χ2n) is 4.63. The summed E-state index contributed by atoms with van der Waals surface area (Å²) in [4.78, 5) is 1.14. The maximum atomic E-state index is 5.27. The van der Waals surface area contributed by atoms with Gasteiger partial charge in [-0.3, -0.25) is 0 Å². The average molecular weight is 181 g/mol. The van der Waals surface area contributed by atoms with E-state index in [1.54, 1.807) is 0 Å². The molecule has 3 rings (SSSR count). The van der Waals surface area contributed by atoms with Crippen LogP contribution < -0.4 is 5.32 Å². The largest absolute Gasteiger partial charge is 0.377 e. The zero-order valence-corrected chi connectivity index (χ0v) is 8.07. The Hall–Kier alpha value is -0.110. The van der Waals surface area contributed by atoms with Gasteiger partial charge < -0.3 is 5.32 Å². The molecule has 66 valence electrons. The van der Waals surface area contributed by atoms with Crippen LogP contribution in [0.5, 0.6) is 0 Å². The minimum absolute atomic E-state index is 0.767. The number of hydrogen-bond acceptors (Lipinski definition) is 1. The maximum absolute atomic E-state index is 5.27. The summed E-state index contributed by atoms with van der Waals surface area (Å²) in [5.41, 5.74) is 0. The monoisotopic (exact) mass is 181 g/mol. The van der Waals surface area contributed by atoms with Crippen molar-refractivity contribution >= 4 is 17.2 Å². The zero-order valence-electron chi connectivity index (χ0n) is 7.25. The van der Waals surface area contributed by atoms with Gasteiger partial charge in [0.1, 0.15) is 0 Å². The summed E-state index contributed by atoms with van der Waals surface area (Å²) in [6, 6.07) is 0.767. The number of piperidine rings is 1. The first kappa shape index (κ1) is 7.31. The lowest BCUT2D eigenvalue weighted by molar-refractivity contribution is 0.364. The Bertz CT molecular complexity index is 206. The Kier molecular flexibility index (Phi) is 1.49. The lowest BCUT2D eigenvalue weighted by Gasteiger charge is -2.24. The van der Waals surface area contributed by atoms with Gasteiger partial charge in [0, 0.05) is 12.5 Å². The van der Waals surface area contributed by atoms with Crippen molar-refractivity contribution in [3.63, 3.8) is 0 Å². The van der Waals surface area contributed by atoms with Gasteiger partial charge in [-0.2, -0.15) is 0 Å². The minimum Gasteiger partial charge on any atom is -0.377 e. The predicted octanol–water partition coefficient (Wildman–Crippen LogP) is 2.11. The van der Waals surface area contributed by atoms with Gasteiger partial charge in [-0.05, 0) is 37.0 Å². The minimum atomic E-state index is 0.767. The highest BCUT2D eigenvalue weighted by atomic mass is 32.1. The van der Waals surface area contributed by atoms with Gasteiger partial charge in [-0.15, -0.1) is 0 Å². The van der Waals surface area contributed by atoms with Crippen LogP contribution in [0, 0.1) is 17.8 Å². The summed E-state index contributed by atoms with van der Waals surface area (Å²) < 4.78 is 0. The first-order valence-electron chi connectivity index (χ1n) is 5.14. The van der Waals surface area contributed by atoms with E-state index in [2.05, 4.69) is 5.32 Å². The highest BCUT2D eigenvalue weighted by Gasteiger charge is 2.48. The fraction of sp³-hybridized carbons (Fsp3) is 0.900. The average Bonchev–Trinajstić information content (AvgIpc) is 2.56. The smallest absolute Gasteiger partial charge is 0.0758 e. The lowest BCUT2D eigenvalue weighted by atomic mass is 9.90. The van der Waals surface area contributed by atoms with Crippen molar-refractivity contribution in [1.29, 1.82) is 0 Å². The number of rotatable bonds is 0. The fourth-order valence-corrected chi connectivity index (χ4v) is 4.05. The van der Waals surface area contributed by atoms with Crippen LogP contribution >= 0.6 is 12.2 Å². The van der Waals surface area contributed by atoms with Gasteiger partial charge in [0.05, 0.1) is 4.99 Å². The third kappa shape index (κ3) is 0.875. The van der Waals surface area contributed by atoms with Gasteiger partial charge in [-0.1, -0.05) is 18.6 Å². The summed E-state index contributed by atoms with van der Waals surface area (Å²) in [7, 11) is 0. The molecule has 0 unspecified atom stereocenters. The molecular formula is C10H15NS. The van der Waals surface area contributed by atoms with Crippen molar-refractivity contribution < 1.29 is 0 Å². The van der Waals surface area contributed by atoms with E-state index in [9.17, 15) is 0 Å². The van der Waals surface area contributed by atoms with Crippen molar-refractivity contribution in [2.45, 2.75) is 38.1 Å². The summed E-state index contributed by atoms with van der Waals surface area (Å²) in [6.45, 7) is 0. The third-order valence-corrected chi connectivity index (χ3v) is 4.38. The number of thiocarbonyl (C=S) groups is 1. The van der Waals surface area contributed by atoms with Crippen molar-refractivity contribution in [3.05, 3.63) is 0 Å².